The predicted octanol–water partition coefficient (Wildman–Crippen LogP) is 2.63. The first kappa shape index (κ1) is 21.3. The Hall–Kier alpha value is -3.04. The topological polar surface area (TPSA) is 93.3 Å². The van der Waals surface area contributed by atoms with Crippen molar-refractivity contribution in [1.29, 1.82) is 0 Å². The van der Waals surface area contributed by atoms with Gasteiger partial charge >= 0.3 is 6.18 Å². The van der Waals surface area contributed by atoms with Crippen LogP contribution in [-0.4, -0.2) is 29.1 Å². The number of carbonyl (C=O) groups excluding carboxylic acids is 2. The molecule has 10 heteroatoms. The highest BCUT2D eigenvalue weighted by Crippen LogP contribution is 2.14. The van der Waals surface area contributed by atoms with E-state index >= 15 is 0 Å². The number of furan rings is 1. The number of halogens is 3. The Morgan fingerprint density at radius 1 is 1.18 bits per heavy atom. The molecule has 28 heavy (non-hydrogen) atoms. The van der Waals surface area contributed by atoms with Crippen LogP contribution in [0.25, 0.3) is 0 Å². The summed E-state index contributed by atoms with van der Waals surface area (Å²) >= 11 is 0. The number of rotatable bonds is 7. The van der Waals surface area contributed by atoms with Crippen LogP contribution in [0.1, 0.15) is 52.8 Å². The van der Waals surface area contributed by atoms with Crippen molar-refractivity contribution in [3.63, 3.8) is 0 Å². The number of pyridine rings is 1. The van der Waals surface area contributed by atoms with Gasteiger partial charge in [0.15, 0.2) is 0 Å². The normalized spacial score (nSPS) is 12.5. The summed E-state index contributed by atoms with van der Waals surface area (Å²) in [5, 5.41) is 4.15. The molecule has 0 saturated carbocycles. The molecule has 0 aliphatic heterocycles. The van der Waals surface area contributed by atoms with E-state index in [9.17, 15) is 27.6 Å². The van der Waals surface area contributed by atoms with Crippen LogP contribution in [0.3, 0.4) is 0 Å². The zero-order valence-corrected chi connectivity index (χ0v) is 15.3. The van der Waals surface area contributed by atoms with Crippen molar-refractivity contribution in [3.8, 4) is 0 Å². The molecule has 1 atom stereocenters. The minimum Gasteiger partial charge on any atom is -0.467 e. The molecule has 0 spiro atoms. The molecule has 2 rings (SSSR count). The molecule has 0 saturated heterocycles. The number of aromatic nitrogens is 1. The van der Waals surface area contributed by atoms with E-state index < -0.39 is 35.5 Å². The van der Waals surface area contributed by atoms with Crippen molar-refractivity contribution in [1.82, 2.24) is 15.2 Å². The summed E-state index contributed by atoms with van der Waals surface area (Å²) in [6, 6.07) is 3.06. The number of hydrogen-bond donors (Lipinski definition) is 2. The fourth-order valence-corrected chi connectivity index (χ4v) is 2.34. The smallest absolute Gasteiger partial charge is 0.405 e. The zero-order chi connectivity index (χ0) is 20.9. The molecular formula is C18H20F3N3O4. The lowest BCUT2D eigenvalue weighted by Crippen LogP contribution is -2.38. The van der Waals surface area contributed by atoms with Crippen LogP contribution < -0.4 is 16.1 Å². The van der Waals surface area contributed by atoms with Gasteiger partial charge in [-0.15, -0.1) is 0 Å². The van der Waals surface area contributed by atoms with Crippen molar-refractivity contribution >= 4 is 11.8 Å². The lowest BCUT2D eigenvalue weighted by molar-refractivity contribution is -0.123. The zero-order valence-electron chi connectivity index (χ0n) is 15.3. The molecule has 2 amide bonds. The Balaban J connectivity index is 2.34. The maximum absolute atomic E-state index is 12.6. The molecule has 0 aromatic carbocycles. The maximum Gasteiger partial charge on any atom is 0.405 e. The lowest BCUT2D eigenvalue weighted by Gasteiger charge is -2.17. The highest BCUT2D eigenvalue weighted by Gasteiger charge is 2.29. The third-order valence-corrected chi connectivity index (χ3v) is 4.09. The predicted molar refractivity (Wildman–Crippen MR) is 94.0 cm³/mol. The first-order valence-electron chi connectivity index (χ1n) is 8.53. The van der Waals surface area contributed by atoms with Gasteiger partial charge < -0.3 is 19.6 Å². The molecule has 0 radical (unpaired) electrons. The molecule has 0 bridgehead atoms. The number of alkyl halides is 3. The molecule has 0 aliphatic rings. The number of nitrogens with zero attached hydrogens (tertiary/aromatic N) is 1. The first-order chi connectivity index (χ1) is 13.1. The SMILES string of the molecule is CCC(C)n1cc(C(=O)NCc2ccco2)c(=O)c(C(=O)NCC(F)(F)F)c1. The molecular weight excluding hydrogens is 379 g/mol. The highest BCUT2D eigenvalue weighted by molar-refractivity contribution is 5.99. The minimum atomic E-state index is -4.62. The van der Waals surface area contributed by atoms with Crippen molar-refractivity contribution in [3.05, 3.63) is 57.9 Å². The summed E-state index contributed by atoms with van der Waals surface area (Å²) < 4.78 is 43.6. The van der Waals surface area contributed by atoms with Crippen LogP contribution in [0.15, 0.2) is 40.0 Å². The van der Waals surface area contributed by atoms with Gasteiger partial charge in [-0.25, -0.2) is 0 Å². The Bertz CT molecular complexity index is 888. The van der Waals surface area contributed by atoms with Gasteiger partial charge in [0.2, 0.25) is 5.43 Å². The summed E-state index contributed by atoms with van der Waals surface area (Å²) in [4.78, 5) is 37.1. The van der Waals surface area contributed by atoms with E-state index in [1.165, 1.54) is 17.0 Å². The molecule has 7 nitrogen and oxygen atoms in total. The van der Waals surface area contributed by atoms with Crippen LogP contribution >= 0.6 is 0 Å². The molecule has 152 valence electrons. The third kappa shape index (κ3) is 5.48. The molecule has 0 fully saturated rings. The van der Waals surface area contributed by atoms with E-state index in [2.05, 4.69) is 5.32 Å². The van der Waals surface area contributed by atoms with Crippen molar-refractivity contribution in [2.24, 2.45) is 0 Å². The molecule has 2 heterocycles. The molecule has 2 aromatic rings. The van der Waals surface area contributed by atoms with Gasteiger partial charge in [-0.3, -0.25) is 14.4 Å². The van der Waals surface area contributed by atoms with Gasteiger partial charge in [0.1, 0.15) is 23.4 Å². The van der Waals surface area contributed by atoms with E-state index in [4.69, 9.17) is 4.42 Å². The lowest BCUT2D eigenvalue weighted by atomic mass is 10.1. The van der Waals surface area contributed by atoms with E-state index in [0.717, 1.165) is 6.20 Å². The van der Waals surface area contributed by atoms with Crippen LogP contribution in [0.4, 0.5) is 13.2 Å². The monoisotopic (exact) mass is 399 g/mol. The minimum absolute atomic E-state index is 0.0130. The van der Waals surface area contributed by atoms with Crippen molar-refractivity contribution < 1.29 is 27.2 Å². The maximum atomic E-state index is 12.6. The third-order valence-electron chi connectivity index (χ3n) is 4.09. The summed E-state index contributed by atoms with van der Waals surface area (Å²) in [5.41, 5.74) is -1.82. The second-order valence-electron chi connectivity index (χ2n) is 6.18. The average molecular weight is 399 g/mol. The van der Waals surface area contributed by atoms with Crippen LogP contribution in [-0.2, 0) is 6.54 Å². The summed E-state index contributed by atoms with van der Waals surface area (Å²) in [5.74, 6) is -1.50. The second kappa shape index (κ2) is 8.77. The van der Waals surface area contributed by atoms with Crippen LogP contribution in [0.2, 0.25) is 0 Å². The number of amides is 2. The molecule has 1 unspecified atom stereocenters. The van der Waals surface area contributed by atoms with Gasteiger partial charge in [0, 0.05) is 18.4 Å². The summed E-state index contributed by atoms with van der Waals surface area (Å²) in [7, 11) is 0. The first-order valence-corrected chi connectivity index (χ1v) is 8.53. The van der Waals surface area contributed by atoms with Gasteiger partial charge in [-0.1, -0.05) is 6.92 Å². The quantitative estimate of drug-likeness (QED) is 0.749. The second-order valence-corrected chi connectivity index (χ2v) is 6.18. The average Bonchev–Trinajstić information content (AvgIpc) is 3.16. The van der Waals surface area contributed by atoms with Crippen molar-refractivity contribution in [2.75, 3.05) is 6.54 Å². The van der Waals surface area contributed by atoms with E-state index in [1.807, 2.05) is 6.92 Å². The molecule has 2 N–H and O–H groups in total. The van der Waals surface area contributed by atoms with Gasteiger partial charge in [-0.05, 0) is 25.5 Å². The van der Waals surface area contributed by atoms with Crippen LogP contribution in [0.5, 0.6) is 0 Å². The van der Waals surface area contributed by atoms with Crippen molar-refractivity contribution in [2.45, 2.75) is 39.0 Å². The Morgan fingerprint density at radius 3 is 2.29 bits per heavy atom. The number of nitrogens with one attached hydrogen (secondary N) is 2. The van der Waals surface area contributed by atoms with Gasteiger partial charge in [-0.2, -0.15) is 13.2 Å². The number of carbonyl (C=O) groups is 2. The van der Waals surface area contributed by atoms with E-state index in [-0.39, 0.29) is 18.2 Å². The van der Waals surface area contributed by atoms with Gasteiger partial charge in [0.05, 0.1) is 12.8 Å². The Labute approximate surface area is 158 Å². The fourth-order valence-electron chi connectivity index (χ4n) is 2.34. The standard InChI is InChI=1S/C18H20F3N3O4/c1-3-11(2)24-8-13(16(26)22-7-12-5-4-6-28-12)15(25)14(9-24)17(27)23-10-18(19,20)21/h4-6,8-9,11H,3,7,10H2,1-2H3,(H,22,26)(H,23,27). The Morgan fingerprint density at radius 2 is 1.79 bits per heavy atom. The fraction of sp³-hybridized carbons (Fsp3) is 0.389. The van der Waals surface area contributed by atoms with E-state index in [1.54, 1.807) is 24.4 Å². The van der Waals surface area contributed by atoms with Crippen LogP contribution in [0, 0.1) is 0 Å². The van der Waals surface area contributed by atoms with Gasteiger partial charge in [0.25, 0.3) is 11.8 Å². The highest BCUT2D eigenvalue weighted by atomic mass is 19.4. The molecule has 2 aromatic heterocycles. The largest absolute Gasteiger partial charge is 0.467 e. The summed E-state index contributed by atoms with van der Waals surface area (Å²) in [6.45, 7) is 2.07. The summed E-state index contributed by atoms with van der Waals surface area (Å²) in [6.07, 6.45) is -0.146. The molecule has 0 aliphatic carbocycles. The Kier molecular flexibility index (Phi) is 6.66. The number of hydrogen-bond acceptors (Lipinski definition) is 4. The van der Waals surface area contributed by atoms with E-state index in [0.29, 0.717) is 12.2 Å².